The third-order valence-corrected chi connectivity index (χ3v) is 6.87. The van der Waals surface area contributed by atoms with Crippen LogP contribution in [0.15, 0.2) is 66.9 Å². The standard InChI is InChI=1S/C32H42N6O7/c1-5-44-31(45-6-2)22(3)38(20-25-15-10-14-24-16-11-17-33-29(24)25)30(42)26(18-28(40)41)35-27(39)21-37(4)36-32(43)34-19-23-12-8-7-9-13-23/h7-17,22,26,31H,5-6,18-21H2,1-4H3,(H,35,39)(H,40,41)(H2,34,36,43). The number of aromatic nitrogens is 1. The van der Waals surface area contributed by atoms with Gasteiger partial charge < -0.3 is 30.1 Å². The molecule has 0 aliphatic carbocycles. The summed E-state index contributed by atoms with van der Waals surface area (Å²) in [4.78, 5) is 57.3. The molecule has 4 N–H and O–H groups in total. The topological polar surface area (TPSA) is 162 Å². The zero-order valence-corrected chi connectivity index (χ0v) is 26.1. The first kappa shape index (κ1) is 34.9. The van der Waals surface area contributed by atoms with Crippen LogP contribution in [0.2, 0.25) is 0 Å². The normalized spacial score (nSPS) is 12.5. The third-order valence-electron chi connectivity index (χ3n) is 6.87. The Morgan fingerprint density at radius 3 is 2.31 bits per heavy atom. The highest BCUT2D eigenvalue weighted by Gasteiger charge is 2.35. The number of likely N-dealkylation sites (N-methyl/N-ethyl adjacent to an activating group) is 1. The highest BCUT2D eigenvalue weighted by atomic mass is 16.7. The summed E-state index contributed by atoms with van der Waals surface area (Å²) in [6.45, 7) is 6.00. The van der Waals surface area contributed by atoms with Crippen molar-refractivity contribution in [2.24, 2.45) is 0 Å². The van der Waals surface area contributed by atoms with E-state index < -0.39 is 48.6 Å². The maximum Gasteiger partial charge on any atom is 0.329 e. The number of rotatable bonds is 17. The smallest absolute Gasteiger partial charge is 0.329 e. The van der Waals surface area contributed by atoms with Crippen molar-refractivity contribution >= 4 is 34.7 Å². The summed E-state index contributed by atoms with van der Waals surface area (Å²) in [6.07, 6.45) is 0.187. The number of fused-ring (bicyclic) bond motifs is 1. The summed E-state index contributed by atoms with van der Waals surface area (Å²) >= 11 is 0. The fourth-order valence-corrected chi connectivity index (χ4v) is 4.76. The van der Waals surface area contributed by atoms with Crippen molar-refractivity contribution in [1.82, 2.24) is 31.0 Å². The highest BCUT2D eigenvalue weighted by Crippen LogP contribution is 2.22. The lowest BCUT2D eigenvalue weighted by atomic mass is 10.1. The summed E-state index contributed by atoms with van der Waals surface area (Å²) in [6, 6.07) is 16.0. The van der Waals surface area contributed by atoms with Gasteiger partial charge in [-0.1, -0.05) is 54.6 Å². The lowest BCUT2D eigenvalue weighted by Crippen LogP contribution is -2.56. The second-order valence-corrected chi connectivity index (χ2v) is 10.3. The number of carbonyl (C=O) groups excluding carboxylic acids is 3. The minimum Gasteiger partial charge on any atom is -0.481 e. The van der Waals surface area contributed by atoms with E-state index in [0.717, 1.165) is 16.5 Å². The Balaban J connectivity index is 1.77. The van der Waals surface area contributed by atoms with Gasteiger partial charge in [-0.2, -0.15) is 0 Å². The van der Waals surface area contributed by atoms with E-state index in [1.807, 2.05) is 60.7 Å². The lowest BCUT2D eigenvalue weighted by Gasteiger charge is -2.36. The van der Waals surface area contributed by atoms with Gasteiger partial charge in [0.25, 0.3) is 0 Å². The number of hydrogen-bond donors (Lipinski definition) is 4. The van der Waals surface area contributed by atoms with Gasteiger partial charge in [0.15, 0.2) is 6.29 Å². The molecule has 0 aliphatic rings. The molecule has 0 aliphatic heterocycles. The number of benzene rings is 2. The van der Waals surface area contributed by atoms with Gasteiger partial charge in [-0.3, -0.25) is 24.8 Å². The number of hydrogen-bond acceptors (Lipinski definition) is 8. The van der Waals surface area contributed by atoms with Gasteiger partial charge in [-0.15, -0.1) is 0 Å². The van der Waals surface area contributed by atoms with Gasteiger partial charge in [-0.25, -0.2) is 9.80 Å². The first-order valence-electron chi connectivity index (χ1n) is 14.8. The Morgan fingerprint density at radius 2 is 1.64 bits per heavy atom. The van der Waals surface area contributed by atoms with Crippen LogP contribution in [0.4, 0.5) is 4.79 Å². The monoisotopic (exact) mass is 622 g/mol. The van der Waals surface area contributed by atoms with Crippen LogP contribution in [-0.4, -0.2) is 89.0 Å². The molecule has 0 spiro atoms. The molecule has 45 heavy (non-hydrogen) atoms. The number of amides is 4. The predicted molar refractivity (Wildman–Crippen MR) is 167 cm³/mol. The minimum atomic E-state index is -1.41. The van der Waals surface area contributed by atoms with Crippen molar-refractivity contribution in [2.75, 3.05) is 26.8 Å². The van der Waals surface area contributed by atoms with Crippen LogP contribution in [-0.2, 0) is 36.9 Å². The van der Waals surface area contributed by atoms with Gasteiger partial charge in [0, 0.05) is 44.9 Å². The Kier molecular flexibility index (Phi) is 13.7. The van der Waals surface area contributed by atoms with Crippen molar-refractivity contribution in [2.45, 2.75) is 58.7 Å². The molecule has 0 saturated heterocycles. The zero-order valence-electron chi connectivity index (χ0n) is 26.1. The van der Waals surface area contributed by atoms with E-state index >= 15 is 0 Å². The van der Waals surface area contributed by atoms with E-state index in [1.165, 1.54) is 17.0 Å². The summed E-state index contributed by atoms with van der Waals surface area (Å²) in [7, 11) is 1.48. The number of ether oxygens (including phenoxy) is 2. The van der Waals surface area contributed by atoms with E-state index in [4.69, 9.17) is 9.47 Å². The molecule has 4 amide bonds. The molecule has 0 saturated carbocycles. The van der Waals surface area contributed by atoms with Crippen molar-refractivity contribution in [1.29, 1.82) is 0 Å². The molecular weight excluding hydrogens is 580 g/mol. The van der Waals surface area contributed by atoms with Crippen molar-refractivity contribution in [3.8, 4) is 0 Å². The zero-order chi connectivity index (χ0) is 32.8. The van der Waals surface area contributed by atoms with Crippen LogP contribution in [0, 0.1) is 0 Å². The van der Waals surface area contributed by atoms with E-state index in [-0.39, 0.29) is 19.6 Å². The third kappa shape index (κ3) is 10.8. The van der Waals surface area contributed by atoms with Crippen molar-refractivity contribution < 1.29 is 33.8 Å². The molecule has 3 aromatic rings. The summed E-state index contributed by atoms with van der Waals surface area (Å²) < 4.78 is 11.6. The largest absolute Gasteiger partial charge is 0.481 e. The fourth-order valence-electron chi connectivity index (χ4n) is 4.76. The fraction of sp³-hybridized carbons (Fsp3) is 0.406. The van der Waals surface area contributed by atoms with Gasteiger partial charge in [0.2, 0.25) is 11.8 Å². The second-order valence-electron chi connectivity index (χ2n) is 10.3. The van der Waals surface area contributed by atoms with Gasteiger partial charge in [-0.05, 0) is 38.0 Å². The van der Waals surface area contributed by atoms with Crippen LogP contribution in [0.25, 0.3) is 10.9 Å². The van der Waals surface area contributed by atoms with Crippen LogP contribution < -0.4 is 16.1 Å². The molecule has 0 bridgehead atoms. The molecule has 0 fully saturated rings. The Hall–Kier alpha value is -4.59. The number of nitrogens with zero attached hydrogens (tertiary/aromatic N) is 3. The predicted octanol–water partition coefficient (Wildman–Crippen LogP) is 2.66. The van der Waals surface area contributed by atoms with E-state index in [9.17, 15) is 24.3 Å². The van der Waals surface area contributed by atoms with E-state index in [0.29, 0.717) is 18.7 Å². The van der Waals surface area contributed by atoms with Crippen LogP contribution in [0.1, 0.15) is 38.3 Å². The van der Waals surface area contributed by atoms with E-state index in [2.05, 4.69) is 21.0 Å². The molecular formula is C32H42N6O7. The number of carboxylic acids is 1. The SMILES string of the molecule is CCOC(OCC)C(C)N(Cc1cccc2cccnc12)C(=O)C(CC(=O)O)NC(=O)CN(C)NC(=O)NCc1ccccc1. The van der Waals surface area contributed by atoms with Crippen LogP contribution in [0.3, 0.4) is 0 Å². The minimum absolute atomic E-state index is 0.0556. The maximum absolute atomic E-state index is 14.1. The average molecular weight is 623 g/mol. The molecule has 0 radical (unpaired) electrons. The number of aliphatic carboxylic acids is 1. The number of pyridine rings is 1. The number of nitrogens with one attached hydrogen (secondary N) is 3. The lowest BCUT2D eigenvalue weighted by molar-refractivity contribution is -0.180. The molecule has 13 nitrogen and oxygen atoms in total. The molecule has 13 heteroatoms. The molecule has 242 valence electrons. The first-order chi connectivity index (χ1) is 21.6. The molecule has 2 aromatic carbocycles. The molecule has 1 aromatic heterocycles. The van der Waals surface area contributed by atoms with Gasteiger partial charge in [0.1, 0.15) is 6.04 Å². The van der Waals surface area contributed by atoms with Crippen LogP contribution >= 0.6 is 0 Å². The molecule has 2 atom stereocenters. The quantitative estimate of drug-likeness (QED) is 0.131. The molecule has 1 heterocycles. The summed E-state index contributed by atoms with van der Waals surface area (Å²) in [5.74, 6) is -2.57. The van der Waals surface area contributed by atoms with Crippen molar-refractivity contribution in [3.05, 3.63) is 78.0 Å². The highest BCUT2D eigenvalue weighted by molar-refractivity contribution is 5.92. The van der Waals surface area contributed by atoms with Crippen LogP contribution in [0.5, 0.6) is 0 Å². The number of carbonyl (C=O) groups is 4. The first-order valence-corrected chi connectivity index (χ1v) is 14.8. The van der Waals surface area contributed by atoms with Gasteiger partial charge >= 0.3 is 12.0 Å². The maximum atomic E-state index is 14.1. The Bertz CT molecular complexity index is 1410. The Labute approximate surface area is 262 Å². The molecule has 3 rings (SSSR count). The van der Waals surface area contributed by atoms with Crippen molar-refractivity contribution in [3.63, 3.8) is 0 Å². The van der Waals surface area contributed by atoms with Gasteiger partial charge in [0.05, 0.1) is 24.5 Å². The van der Waals surface area contributed by atoms with E-state index in [1.54, 1.807) is 27.0 Å². The second kappa shape index (κ2) is 17.6. The number of urea groups is 1. The average Bonchev–Trinajstić information content (AvgIpc) is 3.01. The number of carboxylic acid groups (broad SMARTS) is 1. The number of hydrazine groups is 1. The summed E-state index contributed by atoms with van der Waals surface area (Å²) in [5.41, 5.74) is 4.84. The molecule has 2 unspecified atom stereocenters. The summed E-state index contributed by atoms with van der Waals surface area (Å²) in [5, 5.41) is 17.0. The number of para-hydroxylation sites is 1. The Morgan fingerprint density at radius 1 is 0.956 bits per heavy atom.